The first kappa shape index (κ1) is 24.4. The third-order valence-corrected chi connectivity index (χ3v) is 6.02. The lowest BCUT2D eigenvalue weighted by molar-refractivity contribution is -0.151. The largest absolute Gasteiger partial charge is 0.504 e. The number of dihydropyridines is 1. The SMILES string of the molecule is CCCOC(=O)C1=C(C)NC2=C(C(=O)C(C(=O)OC)C(C)C2)C1c1ccc(O)c(OCC)c1. The van der Waals surface area contributed by atoms with E-state index >= 15 is 0 Å². The Hall–Kier alpha value is -3.29. The van der Waals surface area contributed by atoms with Gasteiger partial charge in [-0.3, -0.25) is 9.59 Å². The summed E-state index contributed by atoms with van der Waals surface area (Å²) in [6.07, 6.45) is 1.10. The summed E-state index contributed by atoms with van der Waals surface area (Å²) in [5, 5.41) is 13.4. The van der Waals surface area contributed by atoms with Gasteiger partial charge in [0.05, 0.1) is 25.9 Å². The van der Waals surface area contributed by atoms with Crippen molar-refractivity contribution in [3.05, 3.63) is 46.3 Å². The summed E-state index contributed by atoms with van der Waals surface area (Å²) in [7, 11) is 1.26. The summed E-state index contributed by atoms with van der Waals surface area (Å²) < 4.78 is 15.9. The van der Waals surface area contributed by atoms with Gasteiger partial charge in [-0.15, -0.1) is 0 Å². The van der Waals surface area contributed by atoms with Gasteiger partial charge in [0, 0.05) is 22.9 Å². The van der Waals surface area contributed by atoms with Gasteiger partial charge in [0.1, 0.15) is 5.92 Å². The number of methoxy groups -OCH3 is 1. The average molecular weight is 458 g/mol. The number of Topliss-reactive ketones (excluding diaryl/α,β-unsaturated/α-hetero) is 1. The van der Waals surface area contributed by atoms with Crippen LogP contribution in [-0.2, 0) is 23.9 Å². The highest BCUT2D eigenvalue weighted by Crippen LogP contribution is 2.46. The van der Waals surface area contributed by atoms with E-state index in [1.165, 1.54) is 13.2 Å². The molecule has 0 radical (unpaired) electrons. The molecule has 1 aliphatic heterocycles. The van der Waals surface area contributed by atoms with Gasteiger partial charge in [0.15, 0.2) is 17.3 Å². The third-order valence-electron chi connectivity index (χ3n) is 6.02. The zero-order valence-electron chi connectivity index (χ0n) is 19.7. The van der Waals surface area contributed by atoms with E-state index < -0.39 is 23.8 Å². The second-order valence-corrected chi connectivity index (χ2v) is 8.33. The summed E-state index contributed by atoms with van der Waals surface area (Å²) in [6, 6.07) is 4.75. The summed E-state index contributed by atoms with van der Waals surface area (Å²) in [4.78, 5) is 39.3. The van der Waals surface area contributed by atoms with Crippen LogP contribution in [0.1, 0.15) is 52.0 Å². The molecule has 1 aromatic rings. The molecule has 0 saturated heterocycles. The Morgan fingerprint density at radius 3 is 2.61 bits per heavy atom. The molecule has 2 N–H and O–H groups in total. The number of allylic oxidation sites excluding steroid dienone is 3. The molecule has 8 nitrogen and oxygen atoms in total. The summed E-state index contributed by atoms with van der Waals surface area (Å²) in [5.74, 6) is -3.33. The molecule has 3 unspecified atom stereocenters. The Bertz CT molecular complexity index is 1020. The first-order chi connectivity index (χ1) is 15.7. The molecule has 1 heterocycles. The van der Waals surface area contributed by atoms with Crippen LogP contribution in [-0.4, -0.2) is 43.2 Å². The van der Waals surface area contributed by atoms with Gasteiger partial charge in [-0.1, -0.05) is 19.9 Å². The highest BCUT2D eigenvalue weighted by Gasteiger charge is 2.47. The predicted molar refractivity (Wildman–Crippen MR) is 120 cm³/mol. The maximum Gasteiger partial charge on any atom is 0.336 e. The minimum absolute atomic E-state index is 0.0458. The second kappa shape index (κ2) is 10.1. The summed E-state index contributed by atoms with van der Waals surface area (Å²) in [5.41, 5.74) is 2.47. The molecule has 0 amide bonds. The van der Waals surface area contributed by atoms with Gasteiger partial charge in [-0.2, -0.15) is 0 Å². The number of carbonyl (C=O) groups is 3. The predicted octanol–water partition coefficient (Wildman–Crippen LogP) is 3.36. The number of phenolic OH excluding ortho intramolecular Hbond substituents is 1. The van der Waals surface area contributed by atoms with Crippen LogP contribution in [0.2, 0.25) is 0 Å². The number of hydrogen-bond donors (Lipinski definition) is 2. The monoisotopic (exact) mass is 457 g/mol. The second-order valence-electron chi connectivity index (χ2n) is 8.33. The number of esters is 2. The van der Waals surface area contributed by atoms with Crippen molar-refractivity contribution in [3.8, 4) is 11.5 Å². The van der Waals surface area contributed by atoms with E-state index in [1.54, 1.807) is 26.0 Å². The van der Waals surface area contributed by atoms with Crippen LogP contribution >= 0.6 is 0 Å². The summed E-state index contributed by atoms with van der Waals surface area (Å²) >= 11 is 0. The molecule has 33 heavy (non-hydrogen) atoms. The molecule has 0 fully saturated rings. The number of aromatic hydroxyl groups is 1. The van der Waals surface area contributed by atoms with E-state index in [-0.39, 0.29) is 29.8 Å². The van der Waals surface area contributed by atoms with Crippen LogP contribution in [0.5, 0.6) is 11.5 Å². The van der Waals surface area contributed by atoms with Crippen molar-refractivity contribution < 1.29 is 33.7 Å². The molecular formula is C25H31NO7. The van der Waals surface area contributed by atoms with Gasteiger partial charge in [-0.05, 0) is 50.3 Å². The average Bonchev–Trinajstić information content (AvgIpc) is 2.78. The zero-order valence-corrected chi connectivity index (χ0v) is 19.7. The van der Waals surface area contributed by atoms with Crippen LogP contribution in [0.25, 0.3) is 0 Å². The molecule has 2 aliphatic rings. The van der Waals surface area contributed by atoms with Crippen molar-refractivity contribution in [3.63, 3.8) is 0 Å². The van der Waals surface area contributed by atoms with E-state index in [2.05, 4.69) is 5.32 Å². The van der Waals surface area contributed by atoms with E-state index in [0.717, 1.165) is 0 Å². The van der Waals surface area contributed by atoms with Crippen molar-refractivity contribution in [1.82, 2.24) is 5.32 Å². The van der Waals surface area contributed by atoms with E-state index in [0.29, 0.717) is 47.6 Å². The molecule has 0 aromatic heterocycles. The Morgan fingerprint density at radius 2 is 1.97 bits per heavy atom. The van der Waals surface area contributed by atoms with E-state index in [4.69, 9.17) is 14.2 Å². The maximum absolute atomic E-state index is 13.7. The van der Waals surface area contributed by atoms with Crippen LogP contribution in [0.4, 0.5) is 0 Å². The van der Waals surface area contributed by atoms with Crippen molar-refractivity contribution in [2.24, 2.45) is 11.8 Å². The van der Waals surface area contributed by atoms with Gasteiger partial charge in [0.2, 0.25) is 0 Å². The van der Waals surface area contributed by atoms with E-state index in [9.17, 15) is 19.5 Å². The van der Waals surface area contributed by atoms with E-state index in [1.807, 2.05) is 13.8 Å². The lowest BCUT2D eigenvalue weighted by Gasteiger charge is -2.38. The topological polar surface area (TPSA) is 111 Å². The standard InChI is InChI=1S/C25H31NO7/c1-6-10-33-25(30)20-14(4)26-16-11-13(3)19(24(29)31-5)23(28)22(16)21(20)15-8-9-17(27)18(12-15)32-7-2/h8-9,12-13,19,21,26-27H,6-7,10-11H2,1-5H3. The molecular weight excluding hydrogens is 426 g/mol. The smallest absolute Gasteiger partial charge is 0.336 e. The van der Waals surface area contributed by atoms with Crippen molar-refractivity contribution in [2.75, 3.05) is 20.3 Å². The quantitative estimate of drug-likeness (QED) is 0.474. The molecule has 0 bridgehead atoms. The van der Waals surface area contributed by atoms with Crippen LogP contribution < -0.4 is 10.1 Å². The normalized spacial score (nSPS) is 22.5. The Kier molecular flexibility index (Phi) is 7.46. The van der Waals surface area contributed by atoms with Gasteiger partial charge in [-0.25, -0.2) is 4.79 Å². The number of nitrogens with one attached hydrogen (secondary N) is 1. The lowest BCUT2D eigenvalue weighted by atomic mass is 9.69. The minimum Gasteiger partial charge on any atom is -0.504 e. The molecule has 3 rings (SSSR count). The number of ketones is 1. The Labute approximate surface area is 193 Å². The molecule has 0 spiro atoms. The maximum atomic E-state index is 13.7. The lowest BCUT2D eigenvalue weighted by Crippen LogP contribution is -2.43. The number of ether oxygens (including phenoxy) is 3. The first-order valence-corrected chi connectivity index (χ1v) is 11.2. The van der Waals surface area contributed by atoms with Crippen molar-refractivity contribution in [2.45, 2.75) is 46.5 Å². The number of rotatable bonds is 7. The first-order valence-electron chi connectivity index (χ1n) is 11.2. The van der Waals surface area contributed by atoms with Gasteiger partial charge in [0.25, 0.3) is 0 Å². The van der Waals surface area contributed by atoms with Gasteiger partial charge < -0.3 is 24.6 Å². The molecule has 1 aromatic carbocycles. The fourth-order valence-corrected chi connectivity index (χ4v) is 4.54. The zero-order chi connectivity index (χ0) is 24.3. The third kappa shape index (κ3) is 4.60. The highest BCUT2D eigenvalue weighted by atomic mass is 16.5. The van der Waals surface area contributed by atoms with Crippen molar-refractivity contribution in [1.29, 1.82) is 0 Å². The fraction of sp³-hybridized carbons (Fsp3) is 0.480. The number of hydrogen-bond acceptors (Lipinski definition) is 8. The molecule has 8 heteroatoms. The molecule has 0 saturated carbocycles. The molecule has 3 atom stereocenters. The Balaban J connectivity index is 2.19. The number of carbonyl (C=O) groups excluding carboxylic acids is 3. The van der Waals surface area contributed by atoms with Crippen LogP contribution in [0.15, 0.2) is 40.7 Å². The number of benzene rings is 1. The van der Waals surface area contributed by atoms with Crippen molar-refractivity contribution >= 4 is 17.7 Å². The van der Waals surface area contributed by atoms with Gasteiger partial charge >= 0.3 is 11.9 Å². The minimum atomic E-state index is -0.965. The molecule has 178 valence electrons. The van der Waals surface area contributed by atoms with Crippen LogP contribution in [0, 0.1) is 11.8 Å². The fourth-order valence-electron chi connectivity index (χ4n) is 4.54. The van der Waals surface area contributed by atoms with Crippen LogP contribution in [0.3, 0.4) is 0 Å². The number of phenols is 1. The highest BCUT2D eigenvalue weighted by molar-refractivity contribution is 6.12. The Morgan fingerprint density at radius 1 is 1.24 bits per heavy atom. The molecule has 1 aliphatic carbocycles. The summed E-state index contributed by atoms with van der Waals surface area (Å²) in [6.45, 7) is 7.86.